The first kappa shape index (κ1) is 13.7. The van der Waals surface area contributed by atoms with E-state index < -0.39 is 0 Å². The average molecular weight is 260 g/mol. The first-order valence-electron chi connectivity index (χ1n) is 6.49. The number of carbonyl (C=O) groups is 2. The van der Waals surface area contributed by atoms with Crippen LogP contribution < -0.4 is 5.73 Å². The third-order valence-corrected chi connectivity index (χ3v) is 3.63. The van der Waals surface area contributed by atoms with E-state index in [1.807, 2.05) is 39.0 Å². The summed E-state index contributed by atoms with van der Waals surface area (Å²) in [4.78, 5) is 25.7. The lowest BCUT2D eigenvalue weighted by Crippen LogP contribution is -2.51. The Balaban J connectivity index is 2.25. The molecule has 0 aromatic heterocycles. The Labute approximate surface area is 113 Å². The molecule has 0 radical (unpaired) electrons. The highest BCUT2D eigenvalue weighted by molar-refractivity contribution is 6.09. The van der Waals surface area contributed by atoms with Crippen molar-refractivity contribution in [1.82, 2.24) is 4.90 Å². The molecule has 2 amide bonds. The Bertz CT molecular complexity index is 517. The fourth-order valence-corrected chi connectivity index (χ4v) is 2.06. The molecular formula is C15H20N2O2. The highest BCUT2D eigenvalue weighted by Gasteiger charge is 2.33. The Kier molecular flexibility index (Phi) is 3.45. The van der Waals surface area contributed by atoms with Crippen molar-refractivity contribution in [1.29, 1.82) is 0 Å². The van der Waals surface area contributed by atoms with Gasteiger partial charge in [0, 0.05) is 18.2 Å². The molecule has 1 atom stereocenters. The summed E-state index contributed by atoms with van der Waals surface area (Å²) in [5.41, 5.74) is 7.36. The van der Waals surface area contributed by atoms with E-state index >= 15 is 0 Å². The van der Waals surface area contributed by atoms with E-state index in [9.17, 15) is 9.59 Å². The van der Waals surface area contributed by atoms with Gasteiger partial charge in [-0.25, -0.2) is 0 Å². The van der Waals surface area contributed by atoms with Gasteiger partial charge in [0.2, 0.25) is 5.91 Å². The number of nitrogens with zero attached hydrogens (tertiary/aromatic N) is 1. The molecule has 1 aromatic carbocycles. The monoisotopic (exact) mass is 260 g/mol. The summed E-state index contributed by atoms with van der Waals surface area (Å²) in [5, 5.41) is 0. The van der Waals surface area contributed by atoms with Gasteiger partial charge in [0.15, 0.2) is 0 Å². The summed E-state index contributed by atoms with van der Waals surface area (Å²) in [6.07, 6.45) is 0.277. The molecule has 1 unspecified atom stereocenters. The standard InChI is InChI=1S/C15H20N2O2/c1-15(2,3)12(16)9-17-13(18)8-10-6-4-5-7-11(10)14(17)19/h4-7,12H,8-9,16H2,1-3H3. The molecule has 4 heteroatoms. The normalized spacial score (nSPS) is 17.4. The third kappa shape index (κ3) is 2.68. The maximum absolute atomic E-state index is 12.3. The van der Waals surface area contributed by atoms with Crippen LogP contribution in [-0.2, 0) is 11.2 Å². The fourth-order valence-electron chi connectivity index (χ4n) is 2.06. The second kappa shape index (κ2) is 4.78. The molecule has 102 valence electrons. The Morgan fingerprint density at radius 3 is 2.53 bits per heavy atom. The second-order valence-electron chi connectivity index (χ2n) is 6.12. The molecule has 0 bridgehead atoms. The van der Waals surface area contributed by atoms with Gasteiger partial charge < -0.3 is 5.73 Å². The zero-order chi connectivity index (χ0) is 14.2. The second-order valence-corrected chi connectivity index (χ2v) is 6.12. The first-order valence-corrected chi connectivity index (χ1v) is 6.49. The van der Waals surface area contributed by atoms with Crippen molar-refractivity contribution in [3.8, 4) is 0 Å². The van der Waals surface area contributed by atoms with E-state index in [-0.39, 0.29) is 36.2 Å². The van der Waals surface area contributed by atoms with Gasteiger partial charge in [-0.2, -0.15) is 0 Å². The van der Waals surface area contributed by atoms with Crippen LogP contribution in [-0.4, -0.2) is 29.3 Å². The summed E-state index contributed by atoms with van der Waals surface area (Å²) in [7, 11) is 0. The van der Waals surface area contributed by atoms with E-state index in [2.05, 4.69) is 0 Å². The maximum atomic E-state index is 12.3. The van der Waals surface area contributed by atoms with Crippen molar-refractivity contribution in [2.24, 2.45) is 11.1 Å². The molecule has 1 aliphatic heterocycles. The van der Waals surface area contributed by atoms with Crippen LogP contribution in [0.3, 0.4) is 0 Å². The average Bonchev–Trinajstić information content (AvgIpc) is 2.33. The van der Waals surface area contributed by atoms with Crippen molar-refractivity contribution < 1.29 is 9.59 Å². The number of hydrogen-bond donors (Lipinski definition) is 1. The largest absolute Gasteiger partial charge is 0.326 e. The van der Waals surface area contributed by atoms with Gasteiger partial charge >= 0.3 is 0 Å². The lowest BCUT2D eigenvalue weighted by atomic mass is 9.86. The van der Waals surface area contributed by atoms with Gasteiger partial charge in [-0.1, -0.05) is 39.0 Å². The number of rotatable bonds is 2. The van der Waals surface area contributed by atoms with E-state index in [1.165, 1.54) is 4.90 Å². The molecule has 2 N–H and O–H groups in total. The molecule has 0 saturated carbocycles. The molecule has 0 spiro atoms. The summed E-state index contributed by atoms with van der Waals surface area (Å²) in [5.74, 6) is -0.394. The molecule has 2 rings (SSSR count). The number of fused-ring (bicyclic) bond motifs is 1. The number of amides is 2. The highest BCUT2D eigenvalue weighted by atomic mass is 16.2. The summed E-state index contributed by atoms with van der Waals surface area (Å²) >= 11 is 0. The van der Waals surface area contributed by atoms with Gasteiger partial charge in [0.05, 0.1) is 6.42 Å². The molecule has 0 fully saturated rings. The maximum Gasteiger partial charge on any atom is 0.260 e. The van der Waals surface area contributed by atoms with Gasteiger partial charge in [-0.15, -0.1) is 0 Å². The number of benzene rings is 1. The predicted molar refractivity (Wildman–Crippen MR) is 73.6 cm³/mol. The quantitative estimate of drug-likeness (QED) is 0.821. The molecular weight excluding hydrogens is 240 g/mol. The summed E-state index contributed by atoms with van der Waals surface area (Å²) < 4.78 is 0. The minimum Gasteiger partial charge on any atom is -0.326 e. The van der Waals surface area contributed by atoms with Crippen LogP contribution in [0.5, 0.6) is 0 Å². The minimum atomic E-state index is -0.231. The first-order chi connectivity index (χ1) is 8.80. The van der Waals surface area contributed by atoms with Crippen molar-refractivity contribution in [3.63, 3.8) is 0 Å². The highest BCUT2D eigenvalue weighted by Crippen LogP contribution is 2.23. The molecule has 1 aromatic rings. The minimum absolute atomic E-state index is 0.141. The third-order valence-electron chi connectivity index (χ3n) is 3.63. The van der Waals surface area contributed by atoms with E-state index in [0.717, 1.165) is 5.56 Å². The van der Waals surface area contributed by atoms with Gasteiger partial charge in [0.1, 0.15) is 0 Å². The Morgan fingerprint density at radius 1 is 1.26 bits per heavy atom. The number of imide groups is 1. The van der Waals surface area contributed by atoms with Gasteiger partial charge in [-0.05, 0) is 17.0 Å². The SMILES string of the molecule is CC(C)(C)C(N)CN1C(=O)Cc2ccccc2C1=O. The van der Waals surface area contributed by atoms with Crippen molar-refractivity contribution in [2.45, 2.75) is 33.2 Å². The number of carbonyl (C=O) groups excluding carboxylic acids is 2. The van der Waals surface area contributed by atoms with Crippen LogP contribution in [0, 0.1) is 5.41 Å². The molecule has 0 aliphatic carbocycles. The van der Waals surface area contributed by atoms with Crippen LogP contribution in [0.25, 0.3) is 0 Å². The van der Waals surface area contributed by atoms with E-state index in [0.29, 0.717) is 5.56 Å². The summed E-state index contributed by atoms with van der Waals surface area (Å²) in [6, 6.07) is 7.02. The molecule has 1 heterocycles. The van der Waals surface area contributed by atoms with Crippen molar-refractivity contribution >= 4 is 11.8 Å². The zero-order valence-corrected chi connectivity index (χ0v) is 11.6. The van der Waals surface area contributed by atoms with Crippen LogP contribution in [0.15, 0.2) is 24.3 Å². The predicted octanol–water partition coefficient (Wildman–Crippen LogP) is 1.58. The van der Waals surface area contributed by atoms with Crippen LogP contribution in [0.2, 0.25) is 0 Å². The Hall–Kier alpha value is -1.68. The smallest absolute Gasteiger partial charge is 0.260 e. The number of nitrogens with two attached hydrogens (primary N) is 1. The summed E-state index contributed by atoms with van der Waals surface area (Å²) in [6.45, 7) is 6.29. The van der Waals surface area contributed by atoms with Gasteiger partial charge in [0.25, 0.3) is 5.91 Å². The van der Waals surface area contributed by atoms with E-state index in [4.69, 9.17) is 5.73 Å². The van der Waals surface area contributed by atoms with Crippen LogP contribution >= 0.6 is 0 Å². The van der Waals surface area contributed by atoms with Crippen molar-refractivity contribution in [2.75, 3.05) is 6.54 Å². The molecule has 1 aliphatic rings. The molecule has 0 saturated heterocycles. The van der Waals surface area contributed by atoms with Crippen molar-refractivity contribution in [3.05, 3.63) is 35.4 Å². The number of hydrogen-bond acceptors (Lipinski definition) is 3. The van der Waals surface area contributed by atoms with Gasteiger partial charge in [-0.3, -0.25) is 14.5 Å². The lowest BCUT2D eigenvalue weighted by molar-refractivity contribution is -0.128. The van der Waals surface area contributed by atoms with E-state index in [1.54, 1.807) is 6.07 Å². The van der Waals surface area contributed by atoms with Crippen LogP contribution in [0.1, 0.15) is 36.7 Å². The topological polar surface area (TPSA) is 63.4 Å². The fraction of sp³-hybridized carbons (Fsp3) is 0.467. The lowest BCUT2D eigenvalue weighted by Gasteiger charge is -2.34. The molecule has 4 nitrogen and oxygen atoms in total. The molecule has 19 heavy (non-hydrogen) atoms. The Morgan fingerprint density at radius 2 is 1.89 bits per heavy atom. The van der Waals surface area contributed by atoms with Crippen LogP contribution in [0.4, 0.5) is 0 Å². The zero-order valence-electron chi connectivity index (χ0n) is 11.6.